The van der Waals surface area contributed by atoms with E-state index in [0.717, 1.165) is 49.0 Å². The van der Waals surface area contributed by atoms with Crippen LogP contribution in [0.1, 0.15) is 16.3 Å². The number of hydrogen-bond acceptors (Lipinski definition) is 7. The average Bonchev–Trinajstić information content (AvgIpc) is 3.12. The number of benzene rings is 1. The van der Waals surface area contributed by atoms with Crippen molar-refractivity contribution in [3.05, 3.63) is 33.8 Å². The van der Waals surface area contributed by atoms with Crippen molar-refractivity contribution in [3.8, 4) is 17.2 Å². The fraction of sp³-hybridized carbons (Fsp3) is 0.500. The second kappa shape index (κ2) is 9.25. The molecule has 1 aliphatic heterocycles. The maximum Gasteiger partial charge on any atom is 0.228 e. The highest BCUT2D eigenvalue weighted by Gasteiger charge is 2.24. The highest BCUT2D eigenvalue weighted by atomic mass is 32.1. The van der Waals surface area contributed by atoms with Crippen LogP contribution in [0.3, 0.4) is 0 Å². The van der Waals surface area contributed by atoms with Crippen LogP contribution < -0.4 is 14.2 Å². The van der Waals surface area contributed by atoms with E-state index in [9.17, 15) is 4.79 Å². The van der Waals surface area contributed by atoms with Crippen LogP contribution in [-0.2, 0) is 17.8 Å². The molecular weight excluding hydrogens is 378 g/mol. The lowest BCUT2D eigenvalue weighted by atomic mass is 10.1. The molecule has 28 heavy (non-hydrogen) atoms. The number of aryl methyl sites for hydroxylation is 1. The molecule has 7 nitrogen and oxygen atoms in total. The number of amides is 1. The first-order chi connectivity index (χ1) is 13.5. The third-order valence-corrected chi connectivity index (χ3v) is 5.73. The molecule has 0 spiro atoms. The quantitative estimate of drug-likeness (QED) is 0.705. The van der Waals surface area contributed by atoms with E-state index in [1.54, 1.807) is 32.7 Å². The Bertz CT molecular complexity index is 816. The zero-order valence-corrected chi connectivity index (χ0v) is 17.7. The summed E-state index contributed by atoms with van der Waals surface area (Å²) in [5, 5.41) is 2.96. The predicted octanol–water partition coefficient (Wildman–Crippen LogP) is 2.36. The molecule has 1 saturated heterocycles. The number of carbonyl (C=O) groups is 1. The first-order valence-corrected chi connectivity index (χ1v) is 10.1. The molecule has 1 amide bonds. The number of rotatable bonds is 7. The molecule has 0 saturated carbocycles. The number of thiazole rings is 1. The van der Waals surface area contributed by atoms with Crippen molar-refractivity contribution in [2.45, 2.75) is 19.9 Å². The molecule has 1 fully saturated rings. The maximum atomic E-state index is 12.5. The number of piperazine rings is 1. The first kappa shape index (κ1) is 20.4. The summed E-state index contributed by atoms with van der Waals surface area (Å²) in [6.07, 6.45) is 0.383. The molecule has 1 aromatic carbocycles. The van der Waals surface area contributed by atoms with Gasteiger partial charge in [-0.15, -0.1) is 11.3 Å². The summed E-state index contributed by atoms with van der Waals surface area (Å²) in [6.45, 7) is 5.77. The van der Waals surface area contributed by atoms with Gasteiger partial charge in [0.25, 0.3) is 0 Å². The first-order valence-electron chi connectivity index (χ1n) is 9.24. The minimum atomic E-state index is 0.147. The van der Waals surface area contributed by atoms with Crippen molar-refractivity contribution in [1.82, 2.24) is 14.8 Å². The average molecular weight is 406 g/mol. The fourth-order valence-electron chi connectivity index (χ4n) is 3.44. The van der Waals surface area contributed by atoms with Crippen LogP contribution in [0.5, 0.6) is 17.2 Å². The summed E-state index contributed by atoms with van der Waals surface area (Å²) in [5.41, 5.74) is 1.91. The number of methoxy groups -OCH3 is 3. The van der Waals surface area contributed by atoms with Crippen LogP contribution in [-0.4, -0.2) is 68.2 Å². The van der Waals surface area contributed by atoms with Crippen molar-refractivity contribution in [1.29, 1.82) is 0 Å². The van der Waals surface area contributed by atoms with Crippen LogP contribution in [0.25, 0.3) is 0 Å². The van der Waals surface area contributed by atoms with Gasteiger partial charge in [0.1, 0.15) is 0 Å². The van der Waals surface area contributed by atoms with Crippen molar-refractivity contribution in [3.63, 3.8) is 0 Å². The number of nitrogens with zero attached hydrogens (tertiary/aromatic N) is 3. The Morgan fingerprint density at radius 2 is 1.79 bits per heavy atom. The van der Waals surface area contributed by atoms with E-state index in [2.05, 4.69) is 9.88 Å². The lowest BCUT2D eigenvalue weighted by Gasteiger charge is -2.35. The standard InChI is InChI=1S/C20H27N3O4S/c1-14-21-16(13-28-14)11-18(24)23-9-7-22(8-10-23)12-15-5-6-17(25-2)20(27-4)19(15)26-3/h5-6,13H,7-12H2,1-4H3. The molecule has 0 unspecified atom stereocenters. The topological polar surface area (TPSA) is 64.1 Å². The van der Waals surface area contributed by atoms with Crippen molar-refractivity contribution in [2.75, 3.05) is 47.5 Å². The molecule has 1 aromatic heterocycles. The number of carbonyl (C=O) groups excluding carboxylic acids is 1. The Hall–Kier alpha value is -2.32. The van der Waals surface area contributed by atoms with E-state index >= 15 is 0 Å². The molecule has 0 bridgehead atoms. The molecule has 0 atom stereocenters. The summed E-state index contributed by atoms with van der Waals surface area (Å²) < 4.78 is 16.4. The van der Waals surface area contributed by atoms with E-state index in [0.29, 0.717) is 23.7 Å². The Balaban J connectivity index is 1.59. The van der Waals surface area contributed by atoms with Gasteiger partial charge in [-0.25, -0.2) is 4.98 Å². The summed E-state index contributed by atoms with van der Waals surface area (Å²) in [4.78, 5) is 21.2. The monoisotopic (exact) mass is 405 g/mol. The molecule has 0 aliphatic carbocycles. The van der Waals surface area contributed by atoms with Crippen molar-refractivity contribution in [2.24, 2.45) is 0 Å². The number of aromatic nitrogens is 1. The zero-order valence-electron chi connectivity index (χ0n) is 16.9. The largest absolute Gasteiger partial charge is 0.493 e. The smallest absolute Gasteiger partial charge is 0.228 e. The van der Waals surface area contributed by atoms with Gasteiger partial charge in [0, 0.05) is 43.7 Å². The minimum Gasteiger partial charge on any atom is -0.493 e. The zero-order chi connectivity index (χ0) is 20.1. The van der Waals surface area contributed by atoms with Crippen LogP contribution >= 0.6 is 11.3 Å². The summed E-state index contributed by atoms with van der Waals surface area (Å²) in [5.74, 6) is 2.10. The van der Waals surface area contributed by atoms with E-state index in [1.165, 1.54) is 0 Å². The molecule has 2 heterocycles. The fourth-order valence-corrected chi connectivity index (χ4v) is 4.05. The van der Waals surface area contributed by atoms with Crippen LogP contribution in [0, 0.1) is 6.92 Å². The maximum absolute atomic E-state index is 12.5. The van der Waals surface area contributed by atoms with Gasteiger partial charge in [-0.2, -0.15) is 0 Å². The normalized spacial score (nSPS) is 14.8. The highest BCUT2D eigenvalue weighted by Crippen LogP contribution is 2.40. The van der Waals surface area contributed by atoms with Gasteiger partial charge in [-0.1, -0.05) is 6.07 Å². The second-order valence-electron chi connectivity index (χ2n) is 6.69. The van der Waals surface area contributed by atoms with Gasteiger partial charge in [0.2, 0.25) is 11.7 Å². The highest BCUT2D eigenvalue weighted by molar-refractivity contribution is 7.09. The molecule has 1 aliphatic rings. The van der Waals surface area contributed by atoms with Gasteiger partial charge in [-0.3, -0.25) is 9.69 Å². The minimum absolute atomic E-state index is 0.147. The summed E-state index contributed by atoms with van der Waals surface area (Å²) >= 11 is 1.58. The lowest BCUT2D eigenvalue weighted by Crippen LogP contribution is -2.48. The Morgan fingerprint density at radius 3 is 2.36 bits per heavy atom. The van der Waals surface area contributed by atoms with Gasteiger partial charge in [0.15, 0.2) is 11.5 Å². The molecule has 0 N–H and O–H groups in total. The Kier molecular flexibility index (Phi) is 6.74. The van der Waals surface area contributed by atoms with Gasteiger partial charge in [0.05, 0.1) is 38.5 Å². The molecular formula is C20H27N3O4S. The summed E-state index contributed by atoms with van der Waals surface area (Å²) in [7, 11) is 4.86. The molecule has 152 valence electrons. The third-order valence-electron chi connectivity index (χ3n) is 4.90. The SMILES string of the molecule is COc1ccc(CN2CCN(C(=O)Cc3csc(C)n3)CC2)c(OC)c1OC. The van der Waals surface area contributed by atoms with E-state index < -0.39 is 0 Å². The van der Waals surface area contributed by atoms with Gasteiger partial charge in [-0.05, 0) is 13.0 Å². The number of hydrogen-bond donors (Lipinski definition) is 0. The second-order valence-corrected chi connectivity index (χ2v) is 7.75. The molecule has 0 radical (unpaired) electrons. The third kappa shape index (κ3) is 4.56. The van der Waals surface area contributed by atoms with E-state index in [4.69, 9.17) is 14.2 Å². The van der Waals surface area contributed by atoms with Crippen LogP contribution in [0.4, 0.5) is 0 Å². The van der Waals surface area contributed by atoms with Crippen molar-refractivity contribution >= 4 is 17.2 Å². The predicted molar refractivity (Wildman–Crippen MR) is 109 cm³/mol. The van der Waals surface area contributed by atoms with Crippen molar-refractivity contribution < 1.29 is 19.0 Å². The van der Waals surface area contributed by atoms with Gasteiger partial charge >= 0.3 is 0 Å². The van der Waals surface area contributed by atoms with E-state index in [1.807, 2.05) is 29.3 Å². The summed E-state index contributed by atoms with van der Waals surface area (Å²) in [6, 6.07) is 3.90. The lowest BCUT2D eigenvalue weighted by molar-refractivity contribution is -0.132. The van der Waals surface area contributed by atoms with Crippen LogP contribution in [0.15, 0.2) is 17.5 Å². The van der Waals surface area contributed by atoms with Gasteiger partial charge < -0.3 is 19.1 Å². The molecule has 2 aromatic rings. The Morgan fingerprint density at radius 1 is 1.07 bits per heavy atom. The van der Waals surface area contributed by atoms with E-state index in [-0.39, 0.29) is 5.91 Å². The molecule has 8 heteroatoms. The molecule has 3 rings (SSSR count). The number of ether oxygens (including phenoxy) is 3. The van der Waals surface area contributed by atoms with Crippen LogP contribution in [0.2, 0.25) is 0 Å². The Labute approximate surface area is 169 Å².